The van der Waals surface area contributed by atoms with Gasteiger partial charge >= 0.3 is 0 Å². The lowest BCUT2D eigenvalue weighted by Crippen LogP contribution is -2.39. The summed E-state index contributed by atoms with van der Waals surface area (Å²) < 4.78 is 0. The second-order valence-electron chi connectivity index (χ2n) is 5.38. The standard InChI is InChI=1S/C16H25N3O/c1-3-10-18-15-9-11-17-12-14(15)16(20)19(4-2)13-7-5-6-8-13/h9,11-13H,3-8,10H2,1-2H3,(H,17,18). The number of nitrogens with one attached hydrogen (secondary N) is 1. The monoisotopic (exact) mass is 275 g/mol. The third-order valence-electron chi connectivity index (χ3n) is 3.98. The van der Waals surface area contributed by atoms with E-state index >= 15 is 0 Å². The van der Waals surface area contributed by atoms with E-state index < -0.39 is 0 Å². The molecule has 1 amide bonds. The van der Waals surface area contributed by atoms with E-state index in [1.54, 1.807) is 12.4 Å². The van der Waals surface area contributed by atoms with Crippen LogP contribution in [0.25, 0.3) is 0 Å². The summed E-state index contributed by atoms with van der Waals surface area (Å²) in [6.45, 7) is 5.82. The average Bonchev–Trinajstić information content (AvgIpc) is 3.00. The van der Waals surface area contributed by atoms with E-state index in [4.69, 9.17) is 0 Å². The molecule has 1 fully saturated rings. The van der Waals surface area contributed by atoms with Gasteiger partial charge in [0, 0.05) is 31.5 Å². The lowest BCUT2D eigenvalue weighted by atomic mass is 10.1. The topological polar surface area (TPSA) is 45.2 Å². The Hall–Kier alpha value is -1.58. The fourth-order valence-corrected chi connectivity index (χ4v) is 2.92. The van der Waals surface area contributed by atoms with Crippen LogP contribution < -0.4 is 5.32 Å². The molecule has 1 aromatic rings. The van der Waals surface area contributed by atoms with E-state index in [0.29, 0.717) is 11.6 Å². The predicted molar refractivity (Wildman–Crippen MR) is 82.0 cm³/mol. The van der Waals surface area contributed by atoms with Gasteiger partial charge in [-0.1, -0.05) is 19.8 Å². The number of pyridine rings is 1. The highest BCUT2D eigenvalue weighted by atomic mass is 16.2. The molecule has 0 radical (unpaired) electrons. The number of aromatic nitrogens is 1. The Bertz CT molecular complexity index is 441. The quantitative estimate of drug-likeness (QED) is 0.866. The third-order valence-corrected chi connectivity index (χ3v) is 3.98. The maximum atomic E-state index is 12.8. The van der Waals surface area contributed by atoms with Gasteiger partial charge in [-0.2, -0.15) is 0 Å². The summed E-state index contributed by atoms with van der Waals surface area (Å²) >= 11 is 0. The van der Waals surface area contributed by atoms with Crippen LogP contribution in [0.2, 0.25) is 0 Å². The number of carbonyl (C=O) groups excluding carboxylic acids is 1. The molecular formula is C16H25N3O. The van der Waals surface area contributed by atoms with Crippen molar-refractivity contribution in [2.24, 2.45) is 0 Å². The number of amides is 1. The van der Waals surface area contributed by atoms with E-state index in [0.717, 1.165) is 38.0 Å². The van der Waals surface area contributed by atoms with Gasteiger partial charge in [-0.3, -0.25) is 9.78 Å². The van der Waals surface area contributed by atoms with Crippen LogP contribution in [-0.2, 0) is 0 Å². The highest BCUT2D eigenvalue weighted by molar-refractivity contribution is 5.99. The fourth-order valence-electron chi connectivity index (χ4n) is 2.92. The Balaban J connectivity index is 2.17. The van der Waals surface area contributed by atoms with Crippen molar-refractivity contribution in [3.63, 3.8) is 0 Å². The zero-order valence-electron chi connectivity index (χ0n) is 12.6. The molecule has 0 aromatic carbocycles. The maximum absolute atomic E-state index is 12.8. The van der Waals surface area contributed by atoms with Crippen molar-refractivity contribution in [3.05, 3.63) is 24.0 Å². The van der Waals surface area contributed by atoms with Crippen molar-refractivity contribution < 1.29 is 4.79 Å². The number of nitrogens with zero attached hydrogens (tertiary/aromatic N) is 2. The second kappa shape index (κ2) is 7.27. The Labute approximate surface area is 121 Å². The summed E-state index contributed by atoms with van der Waals surface area (Å²) in [4.78, 5) is 18.9. The SMILES string of the molecule is CCCNc1ccncc1C(=O)N(CC)C1CCCC1. The molecule has 0 saturated heterocycles. The van der Waals surface area contributed by atoms with Crippen LogP contribution in [0, 0.1) is 0 Å². The summed E-state index contributed by atoms with van der Waals surface area (Å²) in [5.41, 5.74) is 1.61. The van der Waals surface area contributed by atoms with Gasteiger partial charge in [-0.15, -0.1) is 0 Å². The highest BCUT2D eigenvalue weighted by Crippen LogP contribution is 2.26. The van der Waals surface area contributed by atoms with Crippen LogP contribution in [0.15, 0.2) is 18.5 Å². The third kappa shape index (κ3) is 3.30. The molecule has 0 atom stereocenters. The van der Waals surface area contributed by atoms with E-state index in [9.17, 15) is 4.79 Å². The zero-order valence-corrected chi connectivity index (χ0v) is 12.6. The number of hydrogen-bond donors (Lipinski definition) is 1. The second-order valence-corrected chi connectivity index (χ2v) is 5.38. The van der Waals surface area contributed by atoms with Crippen LogP contribution in [0.1, 0.15) is 56.3 Å². The van der Waals surface area contributed by atoms with Crippen LogP contribution in [0.3, 0.4) is 0 Å². The van der Waals surface area contributed by atoms with Gasteiger partial charge in [0.2, 0.25) is 0 Å². The van der Waals surface area contributed by atoms with Crippen molar-refractivity contribution in [1.82, 2.24) is 9.88 Å². The number of rotatable bonds is 6. The van der Waals surface area contributed by atoms with Gasteiger partial charge in [0.15, 0.2) is 0 Å². The largest absolute Gasteiger partial charge is 0.384 e. The first-order valence-electron chi connectivity index (χ1n) is 7.76. The number of anilines is 1. The molecule has 1 N–H and O–H groups in total. The Morgan fingerprint density at radius 1 is 1.40 bits per heavy atom. The van der Waals surface area contributed by atoms with Gasteiger partial charge in [0.1, 0.15) is 0 Å². The van der Waals surface area contributed by atoms with Gasteiger partial charge < -0.3 is 10.2 Å². The maximum Gasteiger partial charge on any atom is 0.257 e. The first-order chi connectivity index (χ1) is 9.77. The number of carbonyl (C=O) groups is 1. The summed E-state index contributed by atoms with van der Waals surface area (Å²) in [6, 6.07) is 2.30. The van der Waals surface area contributed by atoms with Gasteiger partial charge in [-0.05, 0) is 32.3 Å². The summed E-state index contributed by atoms with van der Waals surface area (Å²) in [7, 11) is 0. The molecule has 1 aliphatic rings. The Morgan fingerprint density at radius 3 is 2.80 bits per heavy atom. The molecule has 20 heavy (non-hydrogen) atoms. The predicted octanol–water partition coefficient (Wildman–Crippen LogP) is 3.31. The van der Waals surface area contributed by atoms with Gasteiger partial charge in [0.05, 0.1) is 11.3 Å². The minimum Gasteiger partial charge on any atom is -0.384 e. The molecule has 1 aromatic heterocycles. The van der Waals surface area contributed by atoms with Crippen molar-refractivity contribution in [1.29, 1.82) is 0 Å². The fraction of sp³-hybridized carbons (Fsp3) is 0.625. The van der Waals surface area contributed by atoms with Crippen LogP contribution >= 0.6 is 0 Å². The molecule has 110 valence electrons. The molecule has 4 nitrogen and oxygen atoms in total. The van der Waals surface area contributed by atoms with E-state index in [2.05, 4.69) is 24.1 Å². The summed E-state index contributed by atoms with van der Waals surface area (Å²) in [5, 5.41) is 3.33. The zero-order chi connectivity index (χ0) is 14.4. The number of hydrogen-bond acceptors (Lipinski definition) is 3. The Kier molecular flexibility index (Phi) is 5.39. The smallest absolute Gasteiger partial charge is 0.257 e. The lowest BCUT2D eigenvalue weighted by molar-refractivity contribution is 0.0694. The molecule has 0 aliphatic heterocycles. The van der Waals surface area contributed by atoms with Gasteiger partial charge in [0.25, 0.3) is 5.91 Å². The van der Waals surface area contributed by atoms with Crippen LogP contribution in [0.5, 0.6) is 0 Å². The molecule has 4 heteroatoms. The minimum absolute atomic E-state index is 0.117. The van der Waals surface area contributed by atoms with Crippen molar-refractivity contribution in [3.8, 4) is 0 Å². The molecule has 0 bridgehead atoms. The lowest BCUT2D eigenvalue weighted by Gasteiger charge is -2.28. The average molecular weight is 275 g/mol. The molecule has 0 spiro atoms. The molecule has 1 heterocycles. The normalized spacial score (nSPS) is 15.3. The highest BCUT2D eigenvalue weighted by Gasteiger charge is 2.27. The minimum atomic E-state index is 0.117. The van der Waals surface area contributed by atoms with E-state index in [1.807, 2.05) is 11.0 Å². The van der Waals surface area contributed by atoms with E-state index in [1.165, 1.54) is 12.8 Å². The molecule has 0 unspecified atom stereocenters. The molecule has 2 rings (SSSR count). The molecule has 1 saturated carbocycles. The van der Waals surface area contributed by atoms with E-state index in [-0.39, 0.29) is 5.91 Å². The first kappa shape index (κ1) is 14.8. The Morgan fingerprint density at radius 2 is 2.15 bits per heavy atom. The van der Waals surface area contributed by atoms with Gasteiger partial charge in [-0.25, -0.2) is 0 Å². The summed E-state index contributed by atoms with van der Waals surface area (Å²) in [5.74, 6) is 0.117. The van der Waals surface area contributed by atoms with Crippen LogP contribution in [0.4, 0.5) is 5.69 Å². The van der Waals surface area contributed by atoms with Crippen molar-refractivity contribution >= 4 is 11.6 Å². The van der Waals surface area contributed by atoms with Crippen molar-refractivity contribution in [2.45, 2.75) is 52.0 Å². The molecule has 1 aliphatic carbocycles. The molecular weight excluding hydrogens is 250 g/mol. The van der Waals surface area contributed by atoms with Crippen molar-refractivity contribution in [2.75, 3.05) is 18.4 Å². The van der Waals surface area contributed by atoms with Crippen LogP contribution in [-0.4, -0.2) is 34.9 Å². The summed E-state index contributed by atoms with van der Waals surface area (Å²) in [6.07, 6.45) is 9.22. The first-order valence-corrected chi connectivity index (χ1v) is 7.76.